The number of aryl methyl sites for hydroxylation is 1. The molecule has 0 radical (unpaired) electrons. The van der Waals surface area contributed by atoms with E-state index in [0.717, 1.165) is 18.0 Å². The van der Waals surface area contributed by atoms with Gasteiger partial charge in [0, 0.05) is 16.5 Å². The Labute approximate surface area is 77.8 Å². The quantitative estimate of drug-likeness (QED) is 0.781. The van der Waals surface area contributed by atoms with Gasteiger partial charge >= 0.3 is 0 Å². The van der Waals surface area contributed by atoms with Crippen molar-refractivity contribution in [1.82, 2.24) is 4.98 Å². The van der Waals surface area contributed by atoms with Gasteiger partial charge in [0.25, 0.3) is 0 Å². The Hall–Kier alpha value is -0.410. The second-order valence-electron chi connectivity index (χ2n) is 3.67. The Balaban J connectivity index is 2.81. The van der Waals surface area contributed by atoms with E-state index in [2.05, 4.69) is 18.8 Å². The van der Waals surface area contributed by atoms with Gasteiger partial charge in [0.2, 0.25) is 0 Å². The van der Waals surface area contributed by atoms with Crippen molar-refractivity contribution in [2.75, 3.05) is 6.54 Å². The summed E-state index contributed by atoms with van der Waals surface area (Å²) in [5.41, 5.74) is 5.74. The number of hydrogen-bond acceptors (Lipinski definition) is 3. The predicted octanol–water partition coefficient (Wildman–Crippen LogP) is 2.08. The Morgan fingerprint density at radius 1 is 1.58 bits per heavy atom. The lowest BCUT2D eigenvalue weighted by Gasteiger charge is -2.21. The van der Waals surface area contributed by atoms with Crippen LogP contribution < -0.4 is 5.73 Å². The second-order valence-corrected chi connectivity index (χ2v) is 4.90. The topological polar surface area (TPSA) is 38.9 Å². The van der Waals surface area contributed by atoms with Crippen LogP contribution in [0.4, 0.5) is 0 Å². The molecule has 0 fully saturated rings. The molecule has 68 valence electrons. The van der Waals surface area contributed by atoms with Crippen LogP contribution in [0.25, 0.3) is 0 Å². The van der Waals surface area contributed by atoms with Crippen molar-refractivity contribution in [3.05, 3.63) is 16.1 Å². The van der Waals surface area contributed by atoms with Crippen LogP contribution in [0.2, 0.25) is 0 Å². The first kappa shape index (κ1) is 9.68. The van der Waals surface area contributed by atoms with E-state index in [0.29, 0.717) is 0 Å². The highest BCUT2D eigenvalue weighted by Gasteiger charge is 2.21. The van der Waals surface area contributed by atoms with Crippen molar-refractivity contribution >= 4 is 11.3 Å². The normalized spacial score (nSPS) is 12.0. The van der Waals surface area contributed by atoms with Crippen LogP contribution in [0, 0.1) is 6.92 Å². The smallest absolute Gasteiger partial charge is 0.0896 e. The molecular weight excluding hydrogens is 168 g/mol. The fourth-order valence-electron chi connectivity index (χ4n) is 1.16. The first-order valence-electron chi connectivity index (χ1n) is 4.19. The number of thiazole rings is 1. The Morgan fingerprint density at radius 3 is 2.67 bits per heavy atom. The SMILES string of the molecule is Cc1ncc(C(C)(C)CCN)s1. The molecule has 0 spiro atoms. The third-order valence-electron chi connectivity index (χ3n) is 2.06. The molecule has 3 heteroatoms. The summed E-state index contributed by atoms with van der Waals surface area (Å²) in [5.74, 6) is 0. The zero-order chi connectivity index (χ0) is 9.19. The lowest BCUT2D eigenvalue weighted by atomic mass is 9.88. The minimum atomic E-state index is 0.195. The Kier molecular flexibility index (Phi) is 2.85. The van der Waals surface area contributed by atoms with Crippen molar-refractivity contribution in [3.8, 4) is 0 Å². The zero-order valence-electron chi connectivity index (χ0n) is 7.92. The predicted molar refractivity (Wildman–Crippen MR) is 53.5 cm³/mol. The number of nitrogens with zero attached hydrogens (tertiary/aromatic N) is 1. The number of hydrogen-bond donors (Lipinski definition) is 1. The van der Waals surface area contributed by atoms with Crippen LogP contribution in [0.1, 0.15) is 30.2 Å². The molecule has 0 amide bonds. The Bertz CT molecular complexity index is 253. The summed E-state index contributed by atoms with van der Waals surface area (Å²) in [6, 6.07) is 0. The summed E-state index contributed by atoms with van der Waals surface area (Å²) in [4.78, 5) is 5.58. The minimum Gasteiger partial charge on any atom is -0.330 e. The first-order valence-corrected chi connectivity index (χ1v) is 5.01. The molecule has 0 saturated carbocycles. The van der Waals surface area contributed by atoms with Crippen LogP contribution in [0.15, 0.2) is 6.20 Å². The largest absolute Gasteiger partial charge is 0.330 e. The van der Waals surface area contributed by atoms with Gasteiger partial charge in [-0.3, -0.25) is 0 Å². The van der Waals surface area contributed by atoms with Gasteiger partial charge in [-0.2, -0.15) is 0 Å². The average molecular weight is 184 g/mol. The highest BCUT2D eigenvalue weighted by atomic mass is 32.1. The molecule has 2 nitrogen and oxygen atoms in total. The van der Waals surface area contributed by atoms with Gasteiger partial charge in [-0.05, 0) is 19.9 Å². The molecule has 0 aliphatic heterocycles. The molecule has 0 aromatic carbocycles. The van der Waals surface area contributed by atoms with E-state index in [1.807, 2.05) is 13.1 Å². The minimum absolute atomic E-state index is 0.195. The molecule has 0 aliphatic carbocycles. The molecule has 2 N–H and O–H groups in total. The maximum atomic E-state index is 5.54. The van der Waals surface area contributed by atoms with Gasteiger partial charge < -0.3 is 5.73 Å². The molecule has 1 rings (SSSR count). The number of aromatic nitrogens is 1. The van der Waals surface area contributed by atoms with E-state index < -0.39 is 0 Å². The summed E-state index contributed by atoms with van der Waals surface area (Å²) in [5, 5.41) is 1.13. The molecule has 12 heavy (non-hydrogen) atoms. The van der Waals surface area contributed by atoms with Crippen LogP contribution in [-0.4, -0.2) is 11.5 Å². The van der Waals surface area contributed by atoms with Gasteiger partial charge in [0.15, 0.2) is 0 Å². The summed E-state index contributed by atoms with van der Waals surface area (Å²) in [6.45, 7) is 7.20. The van der Waals surface area contributed by atoms with Crippen LogP contribution in [0.5, 0.6) is 0 Å². The molecule has 0 bridgehead atoms. The fraction of sp³-hybridized carbons (Fsp3) is 0.667. The molecule has 0 aliphatic rings. The Morgan fingerprint density at radius 2 is 2.25 bits per heavy atom. The molecule has 0 unspecified atom stereocenters. The summed E-state index contributed by atoms with van der Waals surface area (Å²) in [7, 11) is 0. The third-order valence-corrected chi connectivity index (χ3v) is 3.34. The molecule has 1 aromatic heterocycles. The van der Waals surface area contributed by atoms with Gasteiger partial charge in [-0.25, -0.2) is 4.98 Å². The molecule has 1 aromatic rings. The van der Waals surface area contributed by atoms with Crippen molar-refractivity contribution in [1.29, 1.82) is 0 Å². The molecule has 0 atom stereocenters. The summed E-state index contributed by atoms with van der Waals surface area (Å²) < 4.78 is 0. The molecule has 1 heterocycles. The summed E-state index contributed by atoms with van der Waals surface area (Å²) in [6.07, 6.45) is 2.99. The van der Waals surface area contributed by atoms with E-state index in [9.17, 15) is 0 Å². The lowest BCUT2D eigenvalue weighted by Crippen LogP contribution is -2.20. The highest BCUT2D eigenvalue weighted by Crippen LogP contribution is 2.30. The van der Waals surface area contributed by atoms with Crippen LogP contribution in [0.3, 0.4) is 0 Å². The van der Waals surface area contributed by atoms with Crippen molar-refractivity contribution in [2.45, 2.75) is 32.6 Å². The standard InChI is InChI=1S/C9H16N2S/c1-7-11-6-8(12-7)9(2,3)4-5-10/h6H,4-5,10H2,1-3H3. The van der Waals surface area contributed by atoms with E-state index in [-0.39, 0.29) is 5.41 Å². The monoisotopic (exact) mass is 184 g/mol. The van der Waals surface area contributed by atoms with E-state index in [1.54, 1.807) is 11.3 Å². The average Bonchev–Trinajstić information content (AvgIpc) is 2.36. The lowest BCUT2D eigenvalue weighted by molar-refractivity contribution is 0.496. The van der Waals surface area contributed by atoms with Crippen molar-refractivity contribution < 1.29 is 0 Å². The van der Waals surface area contributed by atoms with E-state index in [4.69, 9.17) is 5.73 Å². The first-order chi connectivity index (χ1) is 5.56. The van der Waals surface area contributed by atoms with Gasteiger partial charge in [-0.1, -0.05) is 13.8 Å². The van der Waals surface area contributed by atoms with Gasteiger partial charge in [-0.15, -0.1) is 11.3 Å². The van der Waals surface area contributed by atoms with Crippen LogP contribution in [-0.2, 0) is 5.41 Å². The van der Waals surface area contributed by atoms with Crippen LogP contribution >= 0.6 is 11.3 Å². The molecular formula is C9H16N2S. The maximum absolute atomic E-state index is 5.54. The van der Waals surface area contributed by atoms with Crippen molar-refractivity contribution in [2.24, 2.45) is 5.73 Å². The maximum Gasteiger partial charge on any atom is 0.0896 e. The molecule has 0 saturated heterocycles. The van der Waals surface area contributed by atoms with Gasteiger partial charge in [0.05, 0.1) is 5.01 Å². The van der Waals surface area contributed by atoms with Crippen molar-refractivity contribution in [3.63, 3.8) is 0 Å². The third kappa shape index (κ3) is 2.05. The second kappa shape index (κ2) is 3.54. The zero-order valence-corrected chi connectivity index (χ0v) is 8.74. The van der Waals surface area contributed by atoms with Gasteiger partial charge in [0.1, 0.15) is 0 Å². The fourth-order valence-corrected chi connectivity index (χ4v) is 2.07. The number of rotatable bonds is 3. The van der Waals surface area contributed by atoms with E-state index in [1.165, 1.54) is 4.88 Å². The highest BCUT2D eigenvalue weighted by molar-refractivity contribution is 7.11. The summed E-state index contributed by atoms with van der Waals surface area (Å²) >= 11 is 1.77. The van der Waals surface area contributed by atoms with E-state index >= 15 is 0 Å². The number of nitrogens with two attached hydrogens (primary N) is 1.